The Bertz CT molecular complexity index is 633. The smallest absolute Gasteiger partial charge is 0.335 e. The molecule has 0 fully saturated rings. The minimum absolute atomic E-state index is 0.270. The van der Waals surface area contributed by atoms with E-state index in [0.29, 0.717) is 12.3 Å². The maximum absolute atomic E-state index is 11.0. The first-order valence-corrected chi connectivity index (χ1v) is 8.84. The number of furan rings is 1. The van der Waals surface area contributed by atoms with E-state index >= 15 is 0 Å². The summed E-state index contributed by atoms with van der Waals surface area (Å²) in [6.07, 6.45) is 7.75. The highest BCUT2D eigenvalue weighted by atomic mass is 16.4. The fourth-order valence-electron chi connectivity index (χ4n) is 2.68. The summed E-state index contributed by atoms with van der Waals surface area (Å²) in [6.45, 7) is 3.93. The number of carbonyl (C=O) groups is 1. The molecular weight excluding hydrogens is 302 g/mol. The second-order valence-electron chi connectivity index (χ2n) is 6.10. The Morgan fingerprint density at radius 3 is 2.67 bits per heavy atom. The van der Waals surface area contributed by atoms with Gasteiger partial charge >= 0.3 is 5.97 Å². The van der Waals surface area contributed by atoms with Gasteiger partial charge in [-0.3, -0.25) is 0 Å². The molecule has 24 heavy (non-hydrogen) atoms. The summed E-state index contributed by atoms with van der Waals surface area (Å²) in [7, 11) is 0. The lowest BCUT2D eigenvalue weighted by Gasteiger charge is -2.03. The van der Waals surface area contributed by atoms with Crippen molar-refractivity contribution >= 4 is 5.97 Å². The van der Waals surface area contributed by atoms with Crippen molar-refractivity contribution in [1.82, 2.24) is 5.32 Å². The van der Waals surface area contributed by atoms with E-state index in [0.717, 1.165) is 17.9 Å². The molecule has 2 rings (SSSR count). The monoisotopic (exact) mass is 329 g/mol. The van der Waals surface area contributed by atoms with Crippen LogP contribution in [-0.2, 0) is 6.54 Å². The van der Waals surface area contributed by atoms with Crippen LogP contribution in [0.3, 0.4) is 0 Å². The van der Waals surface area contributed by atoms with Gasteiger partial charge in [0.05, 0.1) is 12.1 Å². The zero-order chi connectivity index (χ0) is 17.2. The van der Waals surface area contributed by atoms with Crippen molar-refractivity contribution < 1.29 is 14.3 Å². The van der Waals surface area contributed by atoms with Gasteiger partial charge in [0, 0.05) is 5.56 Å². The fraction of sp³-hybridized carbons (Fsp3) is 0.450. The minimum atomic E-state index is -0.927. The lowest BCUT2D eigenvalue weighted by atomic mass is 10.1. The van der Waals surface area contributed by atoms with E-state index in [4.69, 9.17) is 9.52 Å². The highest BCUT2D eigenvalue weighted by Gasteiger charge is 2.08. The number of hydrogen-bond donors (Lipinski definition) is 2. The van der Waals surface area contributed by atoms with Crippen LogP contribution < -0.4 is 5.32 Å². The third-order valence-electron chi connectivity index (χ3n) is 4.06. The summed E-state index contributed by atoms with van der Waals surface area (Å²) in [5.74, 6) is 0.649. The molecule has 0 radical (unpaired) electrons. The molecule has 0 amide bonds. The molecular formula is C20H27NO3. The molecule has 0 bridgehead atoms. The van der Waals surface area contributed by atoms with E-state index in [2.05, 4.69) is 12.2 Å². The summed E-state index contributed by atoms with van der Waals surface area (Å²) >= 11 is 0. The third kappa shape index (κ3) is 5.85. The van der Waals surface area contributed by atoms with Crippen LogP contribution in [0, 0.1) is 0 Å². The second kappa shape index (κ2) is 9.93. The molecule has 130 valence electrons. The zero-order valence-corrected chi connectivity index (χ0v) is 14.4. The molecule has 0 spiro atoms. The molecule has 0 aliphatic heterocycles. The van der Waals surface area contributed by atoms with Crippen LogP contribution >= 0.6 is 0 Å². The quantitative estimate of drug-likeness (QED) is 0.563. The van der Waals surface area contributed by atoms with Crippen LogP contribution in [0.15, 0.2) is 40.8 Å². The Morgan fingerprint density at radius 1 is 1.08 bits per heavy atom. The standard InChI is InChI=1S/C20H27NO3/c1-2-3-4-5-6-7-13-21-15-18-11-12-19(24-18)16-9-8-10-17(14-16)20(22)23/h8-12,14,21H,2-7,13,15H2,1H3,(H,22,23). The van der Waals surface area contributed by atoms with Gasteiger partial charge in [0.25, 0.3) is 0 Å². The first kappa shape index (κ1) is 18.3. The number of rotatable bonds is 11. The van der Waals surface area contributed by atoms with E-state index in [-0.39, 0.29) is 5.56 Å². The Labute approximate surface area is 143 Å². The number of benzene rings is 1. The van der Waals surface area contributed by atoms with E-state index in [1.807, 2.05) is 18.2 Å². The SMILES string of the molecule is CCCCCCCCNCc1ccc(-c2cccc(C(=O)O)c2)o1. The van der Waals surface area contributed by atoms with Gasteiger partial charge in [-0.15, -0.1) is 0 Å². The average molecular weight is 329 g/mol. The molecule has 0 atom stereocenters. The molecule has 1 heterocycles. The number of nitrogens with one attached hydrogen (secondary N) is 1. The molecule has 4 heteroatoms. The maximum Gasteiger partial charge on any atom is 0.335 e. The molecule has 2 N–H and O–H groups in total. The molecule has 1 aromatic carbocycles. The number of aromatic carboxylic acids is 1. The van der Waals surface area contributed by atoms with Crippen molar-refractivity contribution in [2.45, 2.75) is 52.0 Å². The van der Waals surface area contributed by atoms with Crippen LogP contribution in [0.25, 0.3) is 11.3 Å². The summed E-state index contributed by atoms with van der Waals surface area (Å²) < 4.78 is 5.81. The predicted molar refractivity (Wildman–Crippen MR) is 96.2 cm³/mol. The van der Waals surface area contributed by atoms with Crippen molar-refractivity contribution in [3.63, 3.8) is 0 Å². The van der Waals surface area contributed by atoms with Gasteiger partial charge in [-0.05, 0) is 37.2 Å². The van der Waals surface area contributed by atoms with Gasteiger partial charge in [-0.1, -0.05) is 51.2 Å². The lowest BCUT2D eigenvalue weighted by Crippen LogP contribution is -2.14. The molecule has 0 unspecified atom stereocenters. The Kier molecular flexibility index (Phi) is 7.56. The van der Waals surface area contributed by atoms with Crippen molar-refractivity contribution in [1.29, 1.82) is 0 Å². The predicted octanol–water partition coefficient (Wildman–Crippen LogP) is 5.09. The summed E-state index contributed by atoms with van der Waals surface area (Å²) in [5.41, 5.74) is 1.06. The topological polar surface area (TPSA) is 62.5 Å². The van der Waals surface area contributed by atoms with Gasteiger partial charge in [0.1, 0.15) is 11.5 Å². The molecule has 1 aromatic heterocycles. The molecule has 0 aliphatic rings. The maximum atomic E-state index is 11.0. The first-order chi connectivity index (χ1) is 11.7. The van der Waals surface area contributed by atoms with E-state index in [9.17, 15) is 4.79 Å². The molecule has 4 nitrogen and oxygen atoms in total. The first-order valence-electron chi connectivity index (χ1n) is 8.84. The van der Waals surface area contributed by atoms with Crippen molar-refractivity contribution in [3.8, 4) is 11.3 Å². The van der Waals surface area contributed by atoms with Gasteiger partial charge in [-0.25, -0.2) is 4.79 Å². The highest BCUT2D eigenvalue weighted by molar-refractivity contribution is 5.89. The van der Waals surface area contributed by atoms with Crippen LogP contribution in [-0.4, -0.2) is 17.6 Å². The van der Waals surface area contributed by atoms with Crippen molar-refractivity contribution in [3.05, 3.63) is 47.7 Å². The Balaban J connectivity index is 1.75. The van der Waals surface area contributed by atoms with Crippen LogP contribution in [0.1, 0.15) is 61.6 Å². The largest absolute Gasteiger partial charge is 0.478 e. The second-order valence-corrected chi connectivity index (χ2v) is 6.10. The normalized spacial score (nSPS) is 10.9. The summed E-state index contributed by atoms with van der Waals surface area (Å²) in [6, 6.07) is 10.6. The Morgan fingerprint density at radius 2 is 1.88 bits per heavy atom. The van der Waals surface area contributed by atoms with Crippen molar-refractivity contribution in [2.24, 2.45) is 0 Å². The lowest BCUT2D eigenvalue weighted by molar-refractivity contribution is 0.0697. The summed E-state index contributed by atoms with van der Waals surface area (Å²) in [4.78, 5) is 11.0. The van der Waals surface area contributed by atoms with Gasteiger partial charge in [0.2, 0.25) is 0 Å². The fourth-order valence-corrected chi connectivity index (χ4v) is 2.68. The number of hydrogen-bond acceptors (Lipinski definition) is 3. The Hall–Kier alpha value is -2.07. The number of carboxylic acid groups (broad SMARTS) is 1. The van der Waals surface area contributed by atoms with E-state index in [1.165, 1.54) is 38.5 Å². The van der Waals surface area contributed by atoms with Gasteiger partial charge in [-0.2, -0.15) is 0 Å². The highest BCUT2D eigenvalue weighted by Crippen LogP contribution is 2.23. The van der Waals surface area contributed by atoms with Gasteiger partial charge < -0.3 is 14.8 Å². The number of unbranched alkanes of at least 4 members (excludes halogenated alkanes) is 5. The molecule has 0 aliphatic carbocycles. The van der Waals surface area contributed by atoms with E-state index < -0.39 is 5.97 Å². The average Bonchev–Trinajstić information content (AvgIpc) is 3.06. The van der Waals surface area contributed by atoms with Crippen LogP contribution in [0.5, 0.6) is 0 Å². The zero-order valence-electron chi connectivity index (χ0n) is 14.4. The molecule has 0 saturated carbocycles. The van der Waals surface area contributed by atoms with Gasteiger partial charge in [0.15, 0.2) is 0 Å². The third-order valence-corrected chi connectivity index (χ3v) is 4.06. The minimum Gasteiger partial charge on any atom is -0.478 e. The molecule has 0 saturated heterocycles. The number of carboxylic acids is 1. The molecule has 2 aromatic rings. The van der Waals surface area contributed by atoms with Crippen LogP contribution in [0.4, 0.5) is 0 Å². The van der Waals surface area contributed by atoms with Crippen molar-refractivity contribution in [2.75, 3.05) is 6.54 Å². The summed E-state index contributed by atoms with van der Waals surface area (Å²) in [5, 5.41) is 12.5. The van der Waals surface area contributed by atoms with E-state index in [1.54, 1.807) is 18.2 Å². The van der Waals surface area contributed by atoms with Crippen LogP contribution in [0.2, 0.25) is 0 Å².